The van der Waals surface area contributed by atoms with Crippen LogP contribution in [-0.2, 0) is 4.79 Å². The number of carboxylic acid groups (broad SMARTS) is 1. The number of benzene rings is 1. The molecule has 1 unspecified atom stereocenters. The monoisotopic (exact) mass is 357 g/mol. The van der Waals surface area contributed by atoms with Crippen LogP contribution in [0.3, 0.4) is 0 Å². The fourth-order valence-electron chi connectivity index (χ4n) is 2.96. The normalized spacial score (nSPS) is 16.4. The number of methoxy groups -OCH3 is 2. The fourth-order valence-corrected chi connectivity index (χ4v) is 2.96. The van der Waals surface area contributed by atoms with Crippen LogP contribution < -0.4 is 9.47 Å². The van der Waals surface area contributed by atoms with Crippen LogP contribution in [0.5, 0.6) is 11.9 Å². The maximum Gasteiger partial charge on any atom is 0.326 e. The smallest absolute Gasteiger partial charge is 0.326 e. The van der Waals surface area contributed by atoms with Crippen LogP contribution >= 0.6 is 0 Å². The molecule has 3 rings (SSSR count). The molecule has 0 radical (unpaired) electrons. The first-order valence-corrected chi connectivity index (χ1v) is 8.14. The van der Waals surface area contributed by atoms with Crippen molar-refractivity contribution in [2.24, 2.45) is 0 Å². The molecule has 1 amide bonds. The van der Waals surface area contributed by atoms with Gasteiger partial charge in [0.15, 0.2) is 0 Å². The first-order chi connectivity index (χ1) is 12.5. The average molecular weight is 357 g/mol. The Bertz CT molecular complexity index is 800. The van der Waals surface area contributed by atoms with Crippen LogP contribution in [0.15, 0.2) is 30.3 Å². The molecule has 136 valence electrons. The van der Waals surface area contributed by atoms with Crippen molar-refractivity contribution in [1.82, 2.24) is 14.9 Å². The molecule has 0 bridgehead atoms. The minimum atomic E-state index is -0.965. The lowest BCUT2D eigenvalue weighted by molar-refractivity contribution is -0.141. The molecule has 0 spiro atoms. The molecule has 1 N–H and O–H groups in total. The Hall–Kier alpha value is -3.16. The Labute approximate surface area is 150 Å². The van der Waals surface area contributed by atoms with E-state index in [0.29, 0.717) is 36.5 Å². The average Bonchev–Trinajstić information content (AvgIpc) is 3.17. The molecule has 0 aliphatic carbocycles. The van der Waals surface area contributed by atoms with Crippen molar-refractivity contribution in [3.63, 3.8) is 0 Å². The van der Waals surface area contributed by atoms with E-state index in [0.717, 1.165) is 5.56 Å². The molecule has 1 aromatic carbocycles. The molecule has 1 saturated heterocycles. The van der Waals surface area contributed by atoms with Crippen LogP contribution in [0.2, 0.25) is 0 Å². The van der Waals surface area contributed by atoms with Crippen molar-refractivity contribution in [3.05, 3.63) is 35.9 Å². The van der Waals surface area contributed by atoms with Gasteiger partial charge >= 0.3 is 12.0 Å². The minimum Gasteiger partial charge on any atom is -0.481 e. The highest BCUT2D eigenvalue weighted by molar-refractivity contribution is 5.97. The molecule has 2 heterocycles. The second-order valence-corrected chi connectivity index (χ2v) is 5.85. The van der Waals surface area contributed by atoms with E-state index in [-0.39, 0.29) is 11.9 Å². The van der Waals surface area contributed by atoms with E-state index in [1.807, 2.05) is 0 Å². The van der Waals surface area contributed by atoms with Gasteiger partial charge in [0.1, 0.15) is 6.04 Å². The molecule has 1 aliphatic heterocycles. The molecule has 8 nitrogen and oxygen atoms in total. The minimum absolute atomic E-state index is 0.181. The Kier molecular flexibility index (Phi) is 5.01. The Morgan fingerprint density at radius 2 is 1.88 bits per heavy atom. The van der Waals surface area contributed by atoms with Crippen LogP contribution in [0.4, 0.5) is 0 Å². The van der Waals surface area contributed by atoms with Crippen LogP contribution in [0.25, 0.3) is 11.3 Å². The highest BCUT2D eigenvalue weighted by atomic mass is 16.5. The lowest BCUT2D eigenvalue weighted by Crippen LogP contribution is -2.40. The van der Waals surface area contributed by atoms with E-state index in [2.05, 4.69) is 9.97 Å². The summed E-state index contributed by atoms with van der Waals surface area (Å²) in [6.45, 7) is 0.456. The first-order valence-electron chi connectivity index (χ1n) is 8.14. The number of rotatable bonds is 5. The molecule has 1 aromatic heterocycles. The number of amides is 1. The summed E-state index contributed by atoms with van der Waals surface area (Å²) in [6, 6.07) is 7.92. The largest absolute Gasteiger partial charge is 0.481 e. The molecule has 1 atom stereocenters. The molecule has 2 aromatic rings. The summed E-state index contributed by atoms with van der Waals surface area (Å²) < 4.78 is 10.2. The summed E-state index contributed by atoms with van der Waals surface area (Å²) in [5.74, 6) is -0.875. The SMILES string of the molecule is COc1cc(-c2ccc(C(=O)N3CCCC3C(=O)O)cc2)nc(OC)n1. The van der Waals surface area contributed by atoms with Crippen molar-refractivity contribution in [3.8, 4) is 23.1 Å². The van der Waals surface area contributed by atoms with Gasteiger partial charge in [-0.2, -0.15) is 9.97 Å². The van der Waals surface area contributed by atoms with Crippen molar-refractivity contribution in [2.75, 3.05) is 20.8 Å². The third kappa shape index (κ3) is 3.44. The topological polar surface area (TPSA) is 102 Å². The van der Waals surface area contributed by atoms with E-state index in [1.165, 1.54) is 19.1 Å². The Morgan fingerprint density at radius 3 is 2.50 bits per heavy atom. The summed E-state index contributed by atoms with van der Waals surface area (Å²) in [5, 5.41) is 9.24. The zero-order valence-corrected chi connectivity index (χ0v) is 14.5. The van der Waals surface area contributed by atoms with Gasteiger partial charge in [-0.25, -0.2) is 4.79 Å². The van der Waals surface area contributed by atoms with Gasteiger partial charge in [-0.15, -0.1) is 0 Å². The van der Waals surface area contributed by atoms with Crippen molar-refractivity contribution in [1.29, 1.82) is 0 Å². The molecule has 26 heavy (non-hydrogen) atoms. The molecule has 1 fully saturated rings. The maximum absolute atomic E-state index is 12.6. The van der Waals surface area contributed by atoms with Crippen LogP contribution in [0.1, 0.15) is 23.2 Å². The second kappa shape index (κ2) is 7.38. The Morgan fingerprint density at radius 1 is 1.15 bits per heavy atom. The van der Waals surface area contributed by atoms with Crippen molar-refractivity contribution >= 4 is 11.9 Å². The Balaban J connectivity index is 1.85. The number of carbonyl (C=O) groups excluding carboxylic acids is 1. The van der Waals surface area contributed by atoms with Crippen LogP contribution in [-0.4, -0.2) is 58.7 Å². The molecular weight excluding hydrogens is 338 g/mol. The lowest BCUT2D eigenvalue weighted by atomic mass is 10.1. The zero-order valence-electron chi connectivity index (χ0n) is 14.5. The first kappa shape index (κ1) is 17.7. The van der Waals surface area contributed by atoms with Crippen molar-refractivity contribution in [2.45, 2.75) is 18.9 Å². The highest BCUT2D eigenvalue weighted by Crippen LogP contribution is 2.25. The van der Waals surface area contributed by atoms with Crippen LogP contribution in [0, 0.1) is 0 Å². The van der Waals surface area contributed by atoms with E-state index < -0.39 is 12.0 Å². The summed E-state index contributed by atoms with van der Waals surface area (Å²) >= 11 is 0. The summed E-state index contributed by atoms with van der Waals surface area (Å²) in [7, 11) is 2.97. The van der Waals surface area contributed by atoms with Gasteiger partial charge in [0, 0.05) is 23.7 Å². The lowest BCUT2D eigenvalue weighted by Gasteiger charge is -2.21. The van der Waals surface area contributed by atoms with Gasteiger partial charge in [0.25, 0.3) is 5.91 Å². The molecule has 1 aliphatic rings. The van der Waals surface area contributed by atoms with Gasteiger partial charge in [-0.3, -0.25) is 4.79 Å². The predicted octanol–water partition coefficient (Wildman–Crippen LogP) is 1.85. The van der Waals surface area contributed by atoms with Gasteiger partial charge in [-0.1, -0.05) is 12.1 Å². The number of carbonyl (C=O) groups is 2. The molecule has 0 saturated carbocycles. The maximum atomic E-state index is 12.6. The molecular formula is C18H19N3O5. The number of hydrogen-bond acceptors (Lipinski definition) is 6. The van der Waals surface area contributed by atoms with E-state index in [4.69, 9.17) is 9.47 Å². The summed E-state index contributed by atoms with van der Waals surface area (Å²) in [5.41, 5.74) is 1.80. The van der Waals surface area contributed by atoms with Gasteiger partial charge in [-0.05, 0) is 25.0 Å². The van der Waals surface area contributed by atoms with Gasteiger partial charge in [0.05, 0.1) is 19.9 Å². The number of aliphatic carboxylic acids is 1. The van der Waals surface area contributed by atoms with Gasteiger partial charge < -0.3 is 19.5 Å². The van der Waals surface area contributed by atoms with E-state index in [1.54, 1.807) is 30.3 Å². The third-order valence-corrected chi connectivity index (χ3v) is 4.30. The zero-order chi connectivity index (χ0) is 18.7. The van der Waals surface area contributed by atoms with Crippen molar-refractivity contribution < 1.29 is 24.2 Å². The predicted molar refractivity (Wildman–Crippen MR) is 92.3 cm³/mol. The quantitative estimate of drug-likeness (QED) is 0.871. The number of nitrogens with zero attached hydrogens (tertiary/aromatic N) is 3. The number of ether oxygens (including phenoxy) is 2. The highest BCUT2D eigenvalue weighted by Gasteiger charge is 2.34. The number of aromatic nitrogens is 2. The second-order valence-electron chi connectivity index (χ2n) is 5.85. The number of hydrogen-bond donors (Lipinski definition) is 1. The van der Waals surface area contributed by atoms with E-state index >= 15 is 0 Å². The number of likely N-dealkylation sites (tertiary alicyclic amines) is 1. The standard InChI is InChI=1S/C18H19N3O5/c1-25-15-10-13(19-18(20-15)26-2)11-5-7-12(8-6-11)16(22)21-9-3-4-14(21)17(23)24/h5-8,10,14H,3-4,9H2,1-2H3,(H,23,24). The fraction of sp³-hybridized carbons (Fsp3) is 0.333. The number of carboxylic acids is 1. The van der Waals surface area contributed by atoms with Gasteiger partial charge in [0.2, 0.25) is 5.88 Å². The molecule has 8 heteroatoms. The third-order valence-electron chi connectivity index (χ3n) is 4.30. The van der Waals surface area contributed by atoms with E-state index in [9.17, 15) is 14.7 Å². The summed E-state index contributed by atoms with van der Waals surface area (Å²) in [4.78, 5) is 33.6. The summed E-state index contributed by atoms with van der Waals surface area (Å²) in [6.07, 6.45) is 1.18.